The third-order valence-corrected chi connectivity index (χ3v) is 9.97. The molecule has 4 heteroatoms. The van der Waals surface area contributed by atoms with Gasteiger partial charge in [0.05, 0.1) is 46.5 Å². The maximum Gasteiger partial charge on any atom is 0.0824 e. The molecule has 1 heterocycles. The van der Waals surface area contributed by atoms with Crippen molar-refractivity contribution in [2.45, 2.75) is 6.54 Å². The highest BCUT2D eigenvalue weighted by molar-refractivity contribution is 6.12. The van der Waals surface area contributed by atoms with Gasteiger partial charge in [0.15, 0.2) is 0 Å². The number of aliphatic imine (C=N–C) groups is 2. The second-order valence-corrected chi connectivity index (χ2v) is 13.1. The normalized spacial score (nSPS) is 12.0. The molecule has 0 aliphatic rings. The number of hydrogen-bond donors (Lipinski definition) is 0. The molecule has 0 aliphatic heterocycles. The summed E-state index contributed by atoms with van der Waals surface area (Å²) in [4.78, 5) is 11.5. The molecule has 1 aromatic heterocycles. The second-order valence-electron chi connectivity index (χ2n) is 13.1. The van der Waals surface area contributed by atoms with Crippen LogP contribution in [0.3, 0.4) is 0 Å². The summed E-state index contributed by atoms with van der Waals surface area (Å²) in [5.74, 6) is 0. The van der Waals surface area contributed by atoms with E-state index in [0.717, 1.165) is 55.7 Å². The Bertz CT molecular complexity index is 2830. The van der Waals surface area contributed by atoms with E-state index < -0.39 is 0 Å². The van der Waals surface area contributed by atoms with Gasteiger partial charge in [0, 0.05) is 33.3 Å². The van der Waals surface area contributed by atoms with E-state index in [1.54, 1.807) is 6.20 Å². The molecule has 252 valence electrons. The van der Waals surface area contributed by atoms with Gasteiger partial charge < -0.3 is 9.47 Å². The van der Waals surface area contributed by atoms with E-state index >= 15 is 0 Å². The molecule has 53 heavy (non-hydrogen) atoms. The molecule has 0 radical (unpaired) electrons. The summed E-state index contributed by atoms with van der Waals surface area (Å²) in [6.07, 6.45) is 3.72. The fourth-order valence-electron chi connectivity index (χ4n) is 7.60. The summed E-state index contributed by atoms with van der Waals surface area (Å²) >= 11 is 0. The van der Waals surface area contributed by atoms with Crippen molar-refractivity contribution < 1.29 is 0 Å². The number of para-hydroxylation sites is 2. The first-order chi connectivity index (χ1) is 26.3. The van der Waals surface area contributed by atoms with Gasteiger partial charge >= 0.3 is 0 Å². The van der Waals surface area contributed by atoms with Crippen LogP contribution >= 0.6 is 0 Å². The second kappa shape index (κ2) is 13.9. The van der Waals surface area contributed by atoms with Crippen molar-refractivity contribution >= 4 is 67.7 Å². The number of hydrogen-bond acceptors (Lipinski definition) is 3. The topological polar surface area (TPSA) is 32.9 Å². The van der Waals surface area contributed by atoms with Crippen molar-refractivity contribution in [3.63, 3.8) is 0 Å². The first-order valence-corrected chi connectivity index (χ1v) is 17.9. The van der Waals surface area contributed by atoms with E-state index in [1.165, 1.54) is 27.1 Å². The zero-order valence-corrected chi connectivity index (χ0v) is 29.2. The average Bonchev–Trinajstić information content (AvgIpc) is 3.55. The fraction of sp³-hybridized carbons (Fsp3) is 0.0204. The van der Waals surface area contributed by atoms with Crippen LogP contribution in [-0.4, -0.2) is 17.5 Å². The molecule has 8 aromatic carbocycles. The zero-order chi connectivity index (χ0) is 35.6. The molecular formula is C49H36N4. The summed E-state index contributed by atoms with van der Waals surface area (Å²) in [5, 5.41) is 7.15. The minimum atomic E-state index is 0.551. The third-order valence-electron chi connectivity index (χ3n) is 9.97. The van der Waals surface area contributed by atoms with Gasteiger partial charge in [-0.2, -0.15) is 0 Å². The van der Waals surface area contributed by atoms with Gasteiger partial charge in [-0.15, -0.1) is 0 Å². The molecule has 0 atom stereocenters. The number of allylic oxidation sites excluding steroid dienone is 1. The molecule has 0 amide bonds. The quantitative estimate of drug-likeness (QED) is 0.140. The predicted molar refractivity (Wildman–Crippen MR) is 226 cm³/mol. The summed E-state index contributed by atoms with van der Waals surface area (Å²) in [5.41, 5.74) is 9.68. The highest BCUT2D eigenvalue weighted by Gasteiger charge is 2.21. The summed E-state index contributed by atoms with van der Waals surface area (Å²) in [7, 11) is 0. The number of anilines is 2. The van der Waals surface area contributed by atoms with E-state index in [4.69, 9.17) is 4.99 Å². The summed E-state index contributed by atoms with van der Waals surface area (Å²) in [6, 6.07) is 64.6. The van der Waals surface area contributed by atoms with Crippen molar-refractivity contribution in [3.8, 4) is 16.8 Å². The van der Waals surface area contributed by atoms with E-state index in [0.29, 0.717) is 6.54 Å². The van der Waals surface area contributed by atoms with Gasteiger partial charge in [-0.05, 0) is 58.9 Å². The van der Waals surface area contributed by atoms with Gasteiger partial charge in [-0.3, -0.25) is 9.98 Å². The van der Waals surface area contributed by atoms with Gasteiger partial charge in [0.1, 0.15) is 0 Å². The van der Waals surface area contributed by atoms with Crippen molar-refractivity contribution in [1.29, 1.82) is 0 Å². The summed E-state index contributed by atoms with van der Waals surface area (Å²) in [6.45, 7) is 4.43. The Hall–Kier alpha value is -7.04. The lowest BCUT2D eigenvalue weighted by Crippen LogP contribution is -2.19. The maximum absolute atomic E-state index is 4.92. The van der Waals surface area contributed by atoms with Crippen LogP contribution in [0.1, 0.15) is 5.56 Å². The van der Waals surface area contributed by atoms with Crippen molar-refractivity contribution in [2.75, 3.05) is 4.90 Å². The summed E-state index contributed by atoms with van der Waals surface area (Å²) < 4.78 is 2.42. The number of benzene rings is 8. The SMILES string of the molecule is C=N/C=C(\C=NCc1ccccc1)N(c1ccccc1-c1ccc2c3ccccc3n(-c3cccc4ccccc34)c2c1)c1cccc2ccccc12. The minimum Gasteiger partial charge on any atom is -0.309 e. The first-order valence-electron chi connectivity index (χ1n) is 17.9. The highest BCUT2D eigenvalue weighted by atomic mass is 15.2. The maximum atomic E-state index is 4.92. The molecule has 0 spiro atoms. The highest BCUT2D eigenvalue weighted by Crippen LogP contribution is 2.43. The van der Waals surface area contributed by atoms with Crippen molar-refractivity contribution in [1.82, 2.24) is 4.57 Å². The Morgan fingerprint density at radius 1 is 0.547 bits per heavy atom. The van der Waals surface area contributed by atoms with E-state index in [1.807, 2.05) is 24.4 Å². The van der Waals surface area contributed by atoms with E-state index in [2.05, 4.69) is 185 Å². The Balaban J connectivity index is 1.27. The van der Waals surface area contributed by atoms with Crippen molar-refractivity contribution in [2.24, 2.45) is 9.98 Å². The average molecular weight is 681 g/mol. The molecule has 9 aromatic rings. The zero-order valence-electron chi connectivity index (χ0n) is 29.2. The van der Waals surface area contributed by atoms with Gasteiger partial charge in [0.25, 0.3) is 0 Å². The Kier molecular flexibility index (Phi) is 8.39. The van der Waals surface area contributed by atoms with Crippen LogP contribution in [0, 0.1) is 0 Å². The molecule has 0 N–H and O–H groups in total. The molecule has 0 fully saturated rings. The predicted octanol–water partition coefficient (Wildman–Crippen LogP) is 12.7. The third kappa shape index (κ3) is 5.86. The Morgan fingerprint density at radius 2 is 1.17 bits per heavy atom. The van der Waals surface area contributed by atoms with Crippen LogP contribution in [0.25, 0.3) is 60.2 Å². The van der Waals surface area contributed by atoms with Crippen LogP contribution < -0.4 is 4.90 Å². The van der Waals surface area contributed by atoms with Gasteiger partial charge in [0.2, 0.25) is 0 Å². The number of rotatable bonds is 9. The number of fused-ring (bicyclic) bond motifs is 5. The van der Waals surface area contributed by atoms with Crippen LogP contribution in [0.15, 0.2) is 204 Å². The lowest BCUT2D eigenvalue weighted by Gasteiger charge is -2.29. The molecular weight excluding hydrogens is 645 g/mol. The molecule has 0 aliphatic carbocycles. The number of aromatic nitrogens is 1. The van der Waals surface area contributed by atoms with Crippen LogP contribution in [0.4, 0.5) is 11.4 Å². The van der Waals surface area contributed by atoms with Gasteiger partial charge in [-0.1, -0.05) is 152 Å². The molecule has 0 unspecified atom stereocenters. The van der Waals surface area contributed by atoms with E-state index in [9.17, 15) is 0 Å². The monoisotopic (exact) mass is 680 g/mol. The molecule has 0 saturated carbocycles. The Labute approximate surface area is 308 Å². The Morgan fingerprint density at radius 3 is 2.00 bits per heavy atom. The van der Waals surface area contributed by atoms with Crippen LogP contribution in [0.5, 0.6) is 0 Å². The molecule has 0 saturated heterocycles. The smallest absolute Gasteiger partial charge is 0.0824 e. The number of nitrogens with zero attached hydrogens (tertiary/aromatic N) is 4. The van der Waals surface area contributed by atoms with Crippen LogP contribution in [-0.2, 0) is 6.54 Å². The minimum absolute atomic E-state index is 0.551. The lowest BCUT2D eigenvalue weighted by molar-refractivity contribution is 1.07. The first kappa shape index (κ1) is 31.9. The standard InChI is InChI=1S/C49H36N4/c1-50-33-39(34-51-32-35-15-3-2-4-16-35)52(46-27-13-19-36-17-5-7-21-40(36)46)45-25-11-9-23-42(45)38-29-30-44-43-24-10-12-26-48(43)53(49(44)31-38)47-28-14-20-37-18-6-8-22-41(37)47/h2-31,33-34H,1,32H2/b39-33+,51-34?. The largest absolute Gasteiger partial charge is 0.309 e. The molecule has 0 bridgehead atoms. The molecule has 9 rings (SSSR count). The fourth-order valence-corrected chi connectivity index (χ4v) is 7.60. The van der Waals surface area contributed by atoms with Gasteiger partial charge in [-0.25, -0.2) is 0 Å². The van der Waals surface area contributed by atoms with Crippen LogP contribution in [0.2, 0.25) is 0 Å². The van der Waals surface area contributed by atoms with Crippen molar-refractivity contribution in [3.05, 3.63) is 199 Å². The molecule has 4 nitrogen and oxygen atoms in total. The lowest BCUT2D eigenvalue weighted by atomic mass is 9.99. The van der Waals surface area contributed by atoms with E-state index in [-0.39, 0.29) is 0 Å².